The third-order valence-electron chi connectivity index (χ3n) is 2.76. The molecule has 0 radical (unpaired) electrons. The van der Waals surface area contributed by atoms with Crippen LogP contribution in [0.3, 0.4) is 0 Å². The van der Waals surface area contributed by atoms with Crippen LogP contribution in [0.1, 0.15) is 17.2 Å². The fourth-order valence-corrected chi connectivity index (χ4v) is 2.69. The third-order valence-corrected chi connectivity index (χ3v) is 4.06. The average Bonchev–Trinajstić information content (AvgIpc) is 2.41. The van der Waals surface area contributed by atoms with Crippen LogP contribution in [0.2, 0.25) is 0 Å². The van der Waals surface area contributed by atoms with Gasteiger partial charge >= 0.3 is 0 Å². The predicted octanol–water partition coefficient (Wildman–Crippen LogP) is 4.44. The Morgan fingerprint density at radius 3 is 2.42 bits per heavy atom. The van der Waals surface area contributed by atoms with Crippen molar-refractivity contribution < 1.29 is 14.2 Å². The summed E-state index contributed by atoms with van der Waals surface area (Å²) in [6.45, 7) is 0. The van der Waals surface area contributed by atoms with E-state index in [1.54, 1.807) is 37.4 Å². The lowest BCUT2D eigenvalue weighted by molar-refractivity contribution is 0.219. The lowest BCUT2D eigenvalue weighted by Gasteiger charge is -2.14. The number of aliphatic hydroxyl groups excluding tert-OH is 1. The Bertz CT molecular complexity index is 602. The van der Waals surface area contributed by atoms with Crippen LogP contribution >= 0.6 is 31.9 Å². The van der Waals surface area contributed by atoms with Gasteiger partial charge in [-0.25, -0.2) is 4.39 Å². The maximum absolute atomic E-state index is 13.2. The largest absolute Gasteiger partial charge is 0.497 e. The Labute approximate surface area is 127 Å². The van der Waals surface area contributed by atoms with Crippen molar-refractivity contribution in [2.45, 2.75) is 6.10 Å². The molecule has 0 bridgehead atoms. The minimum Gasteiger partial charge on any atom is -0.497 e. The Balaban J connectivity index is 2.38. The van der Waals surface area contributed by atoms with Gasteiger partial charge in [0, 0.05) is 4.47 Å². The van der Waals surface area contributed by atoms with E-state index in [-0.39, 0.29) is 5.82 Å². The maximum atomic E-state index is 13.2. The number of benzene rings is 2. The number of hydrogen-bond donors (Lipinski definition) is 1. The third kappa shape index (κ3) is 3.16. The van der Waals surface area contributed by atoms with Crippen molar-refractivity contribution in [2.75, 3.05) is 7.11 Å². The molecule has 2 aromatic rings. The summed E-state index contributed by atoms with van der Waals surface area (Å²) in [6.07, 6.45) is -0.836. The quantitative estimate of drug-likeness (QED) is 0.840. The zero-order chi connectivity index (χ0) is 14.0. The molecular weight excluding hydrogens is 379 g/mol. The van der Waals surface area contributed by atoms with Crippen LogP contribution in [-0.2, 0) is 0 Å². The molecule has 1 unspecified atom stereocenters. The molecule has 100 valence electrons. The van der Waals surface area contributed by atoms with Gasteiger partial charge in [-0.15, -0.1) is 0 Å². The van der Waals surface area contributed by atoms with Crippen LogP contribution in [0.5, 0.6) is 5.75 Å². The predicted molar refractivity (Wildman–Crippen MR) is 78.9 cm³/mol. The normalized spacial score (nSPS) is 12.3. The van der Waals surface area contributed by atoms with E-state index in [2.05, 4.69) is 31.9 Å². The van der Waals surface area contributed by atoms with Gasteiger partial charge in [-0.05, 0) is 51.3 Å². The molecule has 0 aliphatic carbocycles. The summed E-state index contributed by atoms with van der Waals surface area (Å²) >= 11 is 6.50. The molecule has 0 aromatic heterocycles. The molecule has 5 heteroatoms. The molecule has 2 nitrogen and oxygen atoms in total. The maximum Gasteiger partial charge on any atom is 0.137 e. The van der Waals surface area contributed by atoms with Crippen LogP contribution in [0.15, 0.2) is 45.3 Å². The fraction of sp³-hybridized carbons (Fsp3) is 0.143. The lowest BCUT2D eigenvalue weighted by Crippen LogP contribution is -2.01. The smallest absolute Gasteiger partial charge is 0.137 e. The van der Waals surface area contributed by atoms with Crippen LogP contribution < -0.4 is 4.74 Å². The molecule has 0 aliphatic rings. The van der Waals surface area contributed by atoms with E-state index in [4.69, 9.17) is 4.74 Å². The van der Waals surface area contributed by atoms with Crippen LogP contribution in [0.4, 0.5) is 4.39 Å². The van der Waals surface area contributed by atoms with Crippen LogP contribution in [-0.4, -0.2) is 12.2 Å². The van der Waals surface area contributed by atoms with Crippen molar-refractivity contribution in [1.82, 2.24) is 0 Å². The van der Waals surface area contributed by atoms with E-state index in [1.807, 2.05) is 0 Å². The summed E-state index contributed by atoms with van der Waals surface area (Å²) in [5.74, 6) is 0.341. The van der Waals surface area contributed by atoms with Crippen LogP contribution in [0, 0.1) is 5.82 Å². The van der Waals surface area contributed by atoms with Gasteiger partial charge in [-0.2, -0.15) is 0 Å². The van der Waals surface area contributed by atoms with Crippen LogP contribution in [0.25, 0.3) is 0 Å². The number of halogens is 3. The van der Waals surface area contributed by atoms with Gasteiger partial charge in [0.1, 0.15) is 17.7 Å². The Morgan fingerprint density at radius 2 is 1.84 bits per heavy atom. The highest BCUT2D eigenvalue weighted by atomic mass is 79.9. The van der Waals surface area contributed by atoms with E-state index < -0.39 is 6.10 Å². The summed E-state index contributed by atoms with van der Waals surface area (Å²) in [4.78, 5) is 0. The summed E-state index contributed by atoms with van der Waals surface area (Å²) < 4.78 is 19.4. The summed E-state index contributed by atoms with van der Waals surface area (Å²) in [5.41, 5.74) is 1.30. The summed E-state index contributed by atoms with van der Waals surface area (Å²) in [7, 11) is 1.58. The number of aliphatic hydroxyl groups is 1. The van der Waals surface area contributed by atoms with E-state index >= 15 is 0 Å². The van der Waals surface area contributed by atoms with Crippen molar-refractivity contribution in [3.8, 4) is 5.75 Å². The van der Waals surface area contributed by atoms with E-state index in [0.29, 0.717) is 21.3 Å². The zero-order valence-electron chi connectivity index (χ0n) is 10.0. The van der Waals surface area contributed by atoms with E-state index in [9.17, 15) is 9.50 Å². The molecular formula is C14H11Br2FO2. The Hall–Kier alpha value is -0.910. The highest BCUT2D eigenvalue weighted by molar-refractivity contribution is 9.10. The van der Waals surface area contributed by atoms with Gasteiger partial charge < -0.3 is 9.84 Å². The van der Waals surface area contributed by atoms with Gasteiger partial charge in [-0.1, -0.05) is 28.1 Å². The molecule has 2 rings (SSSR count). The van der Waals surface area contributed by atoms with Gasteiger partial charge in [0.15, 0.2) is 0 Å². The number of methoxy groups -OCH3 is 1. The zero-order valence-corrected chi connectivity index (χ0v) is 13.2. The van der Waals surface area contributed by atoms with Gasteiger partial charge in [0.05, 0.1) is 11.6 Å². The van der Waals surface area contributed by atoms with Crippen molar-refractivity contribution in [3.05, 3.63) is 62.3 Å². The number of ether oxygens (including phenoxy) is 1. The average molecular weight is 390 g/mol. The highest BCUT2D eigenvalue weighted by Gasteiger charge is 2.15. The van der Waals surface area contributed by atoms with Crippen molar-refractivity contribution >= 4 is 31.9 Å². The first-order valence-corrected chi connectivity index (χ1v) is 7.08. The molecule has 19 heavy (non-hydrogen) atoms. The van der Waals surface area contributed by atoms with Gasteiger partial charge in [-0.3, -0.25) is 0 Å². The monoisotopic (exact) mass is 388 g/mol. The summed E-state index contributed by atoms with van der Waals surface area (Å²) in [5, 5.41) is 10.3. The van der Waals surface area contributed by atoms with Gasteiger partial charge in [0.25, 0.3) is 0 Å². The number of rotatable bonds is 3. The fourth-order valence-electron chi connectivity index (χ4n) is 1.72. The molecule has 0 spiro atoms. The first-order chi connectivity index (χ1) is 9.02. The molecule has 0 fully saturated rings. The molecule has 0 amide bonds. The van der Waals surface area contributed by atoms with E-state index in [0.717, 1.165) is 4.47 Å². The standard InChI is InChI=1S/C14H11Br2FO2/c1-19-9-3-4-10(11(15)7-9)14(18)8-2-5-13(17)12(16)6-8/h2-7,14,18H,1H3. The molecule has 1 atom stereocenters. The molecule has 1 N–H and O–H groups in total. The Kier molecular flexibility index (Phi) is 4.60. The second kappa shape index (κ2) is 6.03. The van der Waals surface area contributed by atoms with Crippen molar-refractivity contribution in [3.63, 3.8) is 0 Å². The van der Waals surface area contributed by atoms with Crippen molar-refractivity contribution in [2.24, 2.45) is 0 Å². The SMILES string of the molecule is COc1ccc(C(O)c2ccc(F)c(Br)c2)c(Br)c1. The molecule has 0 aliphatic heterocycles. The second-order valence-corrected chi connectivity index (χ2v) is 5.67. The highest BCUT2D eigenvalue weighted by Crippen LogP contribution is 2.32. The molecule has 0 saturated carbocycles. The van der Waals surface area contributed by atoms with Crippen molar-refractivity contribution in [1.29, 1.82) is 0 Å². The number of hydrogen-bond acceptors (Lipinski definition) is 2. The first-order valence-electron chi connectivity index (χ1n) is 5.49. The van der Waals surface area contributed by atoms with Gasteiger partial charge in [0.2, 0.25) is 0 Å². The summed E-state index contributed by atoms with van der Waals surface area (Å²) in [6, 6.07) is 9.75. The topological polar surface area (TPSA) is 29.5 Å². The molecule has 2 aromatic carbocycles. The molecule has 0 saturated heterocycles. The minimum absolute atomic E-state index is 0.327. The Morgan fingerprint density at radius 1 is 1.11 bits per heavy atom. The first kappa shape index (κ1) is 14.5. The molecule has 0 heterocycles. The van der Waals surface area contributed by atoms with E-state index in [1.165, 1.54) is 6.07 Å². The second-order valence-electron chi connectivity index (χ2n) is 3.96. The lowest BCUT2D eigenvalue weighted by atomic mass is 10.0. The minimum atomic E-state index is -0.836.